The molecule has 1 aromatic heterocycles. The second-order valence-corrected chi connectivity index (χ2v) is 5.10. The van der Waals surface area contributed by atoms with Crippen LogP contribution in [-0.4, -0.2) is 9.78 Å². The van der Waals surface area contributed by atoms with Crippen molar-refractivity contribution in [2.24, 2.45) is 5.92 Å². The lowest BCUT2D eigenvalue weighted by molar-refractivity contribution is 0.563. The van der Waals surface area contributed by atoms with E-state index in [0.717, 1.165) is 18.0 Å². The van der Waals surface area contributed by atoms with Gasteiger partial charge in [0.15, 0.2) is 5.82 Å². The van der Waals surface area contributed by atoms with Crippen LogP contribution in [0.2, 0.25) is 5.02 Å². The van der Waals surface area contributed by atoms with E-state index in [1.807, 2.05) is 10.9 Å². The molecular weight excluding hydrogens is 253 g/mol. The van der Waals surface area contributed by atoms with Crippen molar-refractivity contribution in [1.82, 2.24) is 9.78 Å². The highest BCUT2D eigenvalue weighted by atomic mass is 35.5. The number of hydrogen-bond acceptors (Lipinski definition) is 2. The molecular formula is C13H13ClFN3. The summed E-state index contributed by atoms with van der Waals surface area (Å²) >= 11 is 5.97. The molecule has 0 atom stereocenters. The van der Waals surface area contributed by atoms with Gasteiger partial charge in [-0.2, -0.15) is 5.10 Å². The third-order valence-corrected chi connectivity index (χ3v) is 3.57. The predicted octanol–water partition coefficient (Wildman–Crippen LogP) is 3.33. The fourth-order valence-corrected chi connectivity index (χ4v) is 2.24. The van der Waals surface area contributed by atoms with Gasteiger partial charge in [0.2, 0.25) is 0 Å². The monoisotopic (exact) mass is 265 g/mol. The van der Waals surface area contributed by atoms with E-state index in [1.54, 1.807) is 12.3 Å². The normalized spacial score (nSPS) is 15.0. The molecule has 5 heteroatoms. The Bertz CT molecular complexity index is 590. The van der Waals surface area contributed by atoms with Crippen molar-refractivity contribution in [2.45, 2.75) is 19.4 Å². The summed E-state index contributed by atoms with van der Waals surface area (Å²) in [6.07, 6.45) is 6.15. The third-order valence-electron chi connectivity index (χ3n) is 3.20. The van der Waals surface area contributed by atoms with Gasteiger partial charge in [0.1, 0.15) is 0 Å². The van der Waals surface area contributed by atoms with Crippen LogP contribution in [0.4, 0.5) is 10.1 Å². The Morgan fingerprint density at radius 3 is 2.94 bits per heavy atom. The van der Waals surface area contributed by atoms with Gasteiger partial charge in [-0.1, -0.05) is 17.7 Å². The zero-order valence-electron chi connectivity index (χ0n) is 9.74. The molecule has 0 saturated heterocycles. The molecule has 18 heavy (non-hydrogen) atoms. The van der Waals surface area contributed by atoms with E-state index < -0.39 is 5.82 Å². The number of nitrogens with two attached hydrogens (primary N) is 1. The quantitative estimate of drug-likeness (QED) is 0.865. The number of benzene rings is 1. The Labute approximate surface area is 109 Å². The van der Waals surface area contributed by atoms with E-state index in [-0.39, 0.29) is 10.7 Å². The molecule has 1 fully saturated rings. The first kappa shape index (κ1) is 11.5. The SMILES string of the molecule is Nc1ccc(-c2cnn(CC3CC3)c2)c(Cl)c1F. The lowest BCUT2D eigenvalue weighted by Gasteiger charge is -2.04. The van der Waals surface area contributed by atoms with Gasteiger partial charge in [-0.3, -0.25) is 4.68 Å². The van der Waals surface area contributed by atoms with Crippen LogP contribution in [0.15, 0.2) is 24.5 Å². The lowest BCUT2D eigenvalue weighted by atomic mass is 10.1. The topological polar surface area (TPSA) is 43.8 Å². The van der Waals surface area contributed by atoms with Crippen LogP contribution in [0.25, 0.3) is 11.1 Å². The molecule has 1 saturated carbocycles. The predicted molar refractivity (Wildman–Crippen MR) is 69.8 cm³/mol. The van der Waals surface area contributed by atoms with Crippen LogP contribution in [0.1, 0.15) is 12.8 Å². The molecule has 0 spiro atoms. The number of nitrogen functional groups attached to an aromatic ring is 1. The molecule has 94 valence electrons. The number of nitrogens with zero attached hydrogens (tertiary/aromatic N) is 2. The molecule has 3 rings (SSSR count). The Morgan fingerprint density at radius 2 is 2.22 bits per heavy atom. The maximum atomic E-state index is 13.6. The van der Waals surface area contributed by atoms with Crippen molar-refractivity contribution in [3.63, 3.8) is 0 Å². The number of halogens is 2. The van der Waals surface area contributed by atoms with Crippen molar-refractivity contribution in [3.05, 3.63) is 35.4 Å². The van der Waals surface area contributed by atoms with Crippen molar-refractivity contribution in [1.29, 1.82) is 0 Å². The smallest absolute Gasteiger partial charge is 0.165 e. The van der Waals surface area contributed by atoms with Gasteiger partial charge in [-0.15, -0.1) is 0 Å². The lowest BCUT2D eigenvalue weighted by Crippen LogP contribution is -1.99. The zero-order valence-corrected chi connectivity index (χ0v) is 10.5. The van der Waals surface area contributed by atoms with Crippen LogP contribution in [-0.2, 0) is 6.54 Å². The van der Waals surface area contributed by atoms with E-state index in [2.05, 4.69) is 5.10 Å². The molecule has 1 aliphatic carbocycles. The number of hydrogen-bond donors (Lipinski definition) is 1. The average molecular weight is 266 g/mol. The summed E-state index contributed by atoms with van der Waals surface area (Å²) in [5, 5.41) is 4.33. The average Bonchev–Trinajstić information content (AvgIpc) is 3.04. The summed E-state index contributed by atoms with van der Waals surface area (Å²) < 4.78 is 15.5. The largest absolute Gasteiger partial charge is 0.396 e. The first-order chi connectivity index (χ1) is 8.65. The fraction of sp³-hybridized carbons (Fsp3) is 0.308. The molecule has 0 bridgehead atoms. The molecule has 3 nitrogen and oxygen atoms in total. The molecule has 0 amide bonds. The van der Waals surface area contributed by atoms with Gasteiger partial charge in [0.05, 0.1) is 16.9 Å². The van der Waals surface area contributed by atoms with Crippen molar-refractivity contribution in [3.8, 4) is 11.1 Å². The number of anilines is 1. The molecule has 1 aromatic carbocycles. The Hall–Kier alpha value is -1.55. The summed E-state index contributed by atoms with van der Waals surface area (Å²) in [4.78, 5) is 0. The highest BCUT2D eigenvalue weighted by molar-refractivity contribution is 6.33. The van der Waals surface area contributed by atoms with Crippen molar-refractivity contribution >= 4 is 17.3 Å². The van der Waals surface area contributed by atoms with Gasteiger partial charge in [0.25, 0.3) is 0 Å². The Balaban J connectivity index is 1.93. The zero-order chi connectivity index (χ0) is 12.7. The van der Waals surface area contributed by atoms with Gasteiger partial charge in [-0.25, -0.2) is 4.39 Å². The van der Waals surface area contributed by atoms with Crippen LogP contribution < -0.4 is 5.73 Å². The first-order valence-electron chi connectivity index (χ1n) is 5.91. The molecule has 2 N–H and O–H groups in total. The van der Waals surface area contributed by atoms with Gasteiger partial charge in [-0.05, 0) is 24.8 Å². The second kappa shape index (κ2) is 4.28. The van der Waals surface area contributed by atoms with E-state index in [9.17, 15) is 4.39 Å². The number of rotatable bonds is 3. The minimum Gasteiger partial charge on any atom is -0.396 e. The van der Waals surface area contributed by atoms with E-state index in [1.165, 1.54) is 18.9 Å². The summed E-state index contributed by atoms with van der Waals surface area (Å²) in [7, 11) is 0. The van der Waals surface area contributed by atoms with Crippen LogP contribution in [0, 0.1) is 11.7 Å². The molecule has 0 unspecified atom stereocenters. The summed E-state index contributed by atoms with van der Waals surface area (Å²) in [6, 6.07) is 3.24. The molecule has 0 aliphatic heterocycles. The van der Waals surface area contributed by atoms with Gasteiger partial charge >= 0.3 is 0 Å². The summed E-state index contributed by atoms with van der Waals surface area (Å²) in [6.45, 7) is 0.926. The van der Waals surface area contributed by atoms with Gasteiger partial charge < -0.3 is 5.73 Å². The Morgan fingerprint density at radius 1 is 1.44 bits per heavy atom. The minimum absolute atomic E-state index is 0.0565. The second-order valence-electron chi connectivity index (χ2n) is 4.72. The maximum Gasteiger partial charge on any atom is 0.165 e. The third kappa shape index (κ3) is 2.08. The van der Waals surface area contributed by atoms with Crippen LogP contribution in [0.3, 0.4) is 0 Å². The van der Waals surface area contributed by atoms with E-state index in [4.69, 9.17) is 17.3 Å². The van der Waals surface area contributed by atoms with Crippen molar-refractivity contribution < 1.29 is 4.39 Å². The van der Waals surface area contributed by atoms with Crippen LogP contribution in [0.5, 0.6) is 0 Å². The standard InChI is InChI=1S/C13H13ClFN3/c14-12-10(3-4-11(16)13(12)15)9-5-17-18(7-9)6-8-1-2-8/h3-5,7-8H,1-2,6,16H2. The number of aromatic nitrogens is 2. The molecule has 1 aliphatic rings. The van der Waals surface area contributed by atoms with Crippen molar-refractivity contribution in [2.75, 3.05) is 5.73 Å². The molecule has 0 radical (unpaired) electrons. The van der Waals surface area contributed by atoms with Gasteiger partial charge in [0, 0.05) is 23.9 Å². The summed E-state index contributed by atoms with van der Waals surface area (Å²) in [5.41, 5.74) is 6.98. The first-order valence-corrected chi connectivity index (χ1v) is 6.29. The molecule has 1 heterocycles. The Kier molecular flexibility index (Phi) is 2.74. The van der Waals surface area contributed by atoms with Crippen LogP contribution >= 0.6 is 11.6 Å². The highest BCUT2D eigenvalue weighted by Gasteiger charge is 2.22. The minimum atomic E-state index is -0.566. The molecule has 2 aromatic rings. The highest BCUT2D eigenvalue weighted by Crippen LogP contribution is 2.34. The maximum absolute atomic E-state index is 13.6. The summed E-state index contributed by atoms with van der Waals surface area (Å²) in [5.74, 6) is 0.181. The van der Waals surface area contributed by atoms with E-state index in [0.29, 0.717) is 5.56 Å². The fourth-order valence-electron chi connectivity index (χ4n) is 1.95. The van der Waals surface area contributed by atoms with E-state index >= 15 is 0 Å².